The number of nitrogens with one attached hydrogen (secondary N) is 1. The van der Waals surface area contributed by atoms with Crippen LogP contribution >= 0.6 is 0 Å². The molecular formula is C17H21N5O3. The molecule has 1 saturated heterocycles. The molecule has 2 aliphatic rings. The molecule has 4 heterocycles. The standard InChI is InChI=1S/C17H21N5O3/c1-11-19-20-15-5-4-13(9-22(11)15)18-17(24)12-7-16(23)21(8-12)10-14-3-2-6-25-14/h2-3,6,12-13H,4-5,7-10H2,1H3,(H,18,24)/t12-,13+/m0/s1. The lowest BCUT2D eigenvalue weighted by atomic mass is 10.0. The maximum Gasteiger partial charge on any atom is 0.225 e. The van der Waals surface area contributed by atoms with E-state index in [2.05, 4.69) is 20.1 Å². The van der Waals surface area contributed by atoms with E-state index < -0.39 is 0 Å². The molecule has 25 heavy (non-hydrogen) atoms. The van der Waals surface area contributed by atoms with Gasteiger partial charge in [-0.15, -0.1) is 10.2 Å². The highest BCUT2D eigenvalue weighted by atomic mass is 16.3. The average molecular weight is 343 g/mol. The van der Waals surface area contributed by atoms with Crippen molar-refractivity contribution in [3.05, 3.63) is 35.8 Å². The third-order valence-electron chi connectivity index (χ3n) is 4.99. The van der Waals surface area contributed by atoms with Crippen LogP contribution in [0.2, 0.25) is 0 Å². The number of likely N-dealkylation sites (tertiary alicyclic amines) is 1. The minimum absolute atomic E-state index is 0.00265. The van der Waals surface area contributed by atoms with Gasteiger partial charge in [0.05, 0.1) is 18.7 Å². The predicted octanol–water partition coefficient (Wildman–Crippen LogP) is 0.659. The van der Waals surface area contributed by atoms with Gasteiger partial charge in [0.2, 0.25) is 11.8 Å². The lowest BCUT2D eigenvalue weighted by Crippen LogP contribution is -2.44. The summed E-state index contributed by atoms with van der Waals surface area (Å²) in [5, 5.41) is 11.3. The maximum absolute atomic E-state index is 12.6. The van der Waals surface area contributed by atoms with Crippen molar-refractivity contribution in [2.45, 2.75) is 45.3 Å². The molecule has 1 fully saturated rings. The zero-order valence-electron chi connectivity index (χ0n) is 14.1. The number of amides is 2. The smallest absolute Gasteiger partial charge is 0.225 e. The Hall–Kier alpha value is -2.64. The molecule has 2 atom stereocenters. The molecule has 2 amide bonds. The van der Waals surface area contributed by atoms with Crippen LogP contribution in [-0.2, 0) is 29.1 Å². The first-order valence-electron chi connectivity index (χ1n) is 8.59. The van der Waals surface area contributed by atoms with Gasteiger partial charge in [-0.05, 0) is 25.5 Å². The quantitative estimate of drug-likeness (QED) is 0.880. The Balaban J connectivity index is 1.34. The van der Waals surface area contributed by atoms with Crippen LogP contribution in [-0.4, -0.2) is 44.1 Å². The van der Waals surface area contributed by atoms with Gasteiger partial charge in [0, 0.05) is 32.0 Å². The second-order valence-corrected chi connectivity index (χ2v) is 6.77. The summed E-state index contributed by atoms with van der Waals surface area (Å²) in [7, 11) is 0. The van der Waals surface area contributed by atoms with Gasteiger partial charge in [0.25, 0.3) is 0 Å². The largest absolute Gasteiger partial charge is 0.467 e. The first-order chi connectivity index (χ1) is 12.1. The number of nitrogens with zero attached hydrogens (tertiary/aromatic N) is 4. The third-order valence-corrected chi connectivity index (χ3v) is 4.99. The molecule has 0 aromatic carbocycles. The SMILES string of the molecule is Cc1nnc2n1C[C@H](NC(=O)[C@H]1CC(=O)N(Cc3ccco3)C1)CC2. The number of carbonyl (C=O) groups is 2. The highest BCUT2D eigenvalue weighted by Crippen LogP contribution is 2.22. The summed E-state index contributed by atoms with van der Waals surface area (Å²) in [5.41, 5.74) is 0. The van der Waals surface area contributed by atoms with E-state index in [0.717, 1.165) is 30.3 Å². The number of aryl methyl sites for hydroxylation is 2. The van der Waals surface area contributed by atoms with Crippen LogP contribution in [0, 0.1) is 12.8 Å². The summed E-state index contributed by atoms with van der Waals surface area (Å²) >= 11 is 0. The van der Waals surface area contributed by atoms with Crippen LogP contribution in [0.3, 0.4) is 0 Å². The minimum atomic E-state index is -0.300. The second-order valence-electron chi connectivity index (χ2n) is 6.77. The lowest BCUT2D eigenvalue weighted by Gasteiger charge is -2.26. The summed E-state index contributed by atoms with van der Waals surface area (Å²) in [5.74, 6) is 2.23. The molecule has 132 valence electrons. The van der Waals surface area contributed by atoms with Crippen molar-refractivity contribution >= 4 is 11.8 Å². The predicted molar refractivity (Wildman–Crippen MR) is 87.2 cm³/mol. The van der Waals surface area contributed by atoms with E-state index in [-0.39, 0.29) is 30.2 Å². The zero-order valence-corrected chi connectivity index (χ0v) is 14.1. The van der Waals surface area contributed by atoms with Crippen molar-refractivity contribution in [2.75, 3.05) is 6.54 Å². The normalized spacial score (nSPS) is 22.9. The fourth-order valence-corrected chi connectivity index (χ4v) is 3.59. The van der Waals surface area contributed by atoms with E-state index in [0.29, 0.717) is 19.6 Å². The Morgan fingerprint density at radius 1 is 1.40 bits per heavy atom. The number of rotatable bonds is 4. The molecule has 0 aliphatic carbocycles. The molecule has 0 unspecified atom stereocenters. The van der Waals surface area contributed by atoms with Gasteiger partial charge >= 0.3 is 0 Å². The monoisotopic (exact) mass is 343 g/mol. The average Bonchev–Trinajstić information content (AvgIpc) is 3.31. The van der Waals surface area contributed by atoms with Crippen molar-refractivity contribution in [3.63, 3.8) is 0 Å². The van der Waals surface area contributed by atoms with E-state index in [1.165, 1.54) is 0 Å². The van der Waals surface area contributed by atoms with E-state index >= 15 is 0 Å². The lowest BCUT2D eigenvalue weighted by molar-refractivity contribution is -0.129. The molecule has 0 spiro atoms. The maximum atomic E-state index is 12.6. The van der Waals surface area contributed by atoms with Crippen molar-refractivity contribution in [1.29, 1.82) is 0 Å². The van der Waals surface area contributed by atoms with Crippen molar-refractivity contribution in [1.82, 2.24) is 25.0 Å². The number of hydrogen-bond acceptors (Lipinski definition) is 5. The van der Waals surface area contributed by atoms with Crippen molar-refractivity contribution < 1.29 is 14.0 Å². The Kier molecular flexibility index (Phi) is 4.03. The molecule has 8 heteroatoms. The number of fused-ring (bicyclic) bond motifs is 1. The Bertz CT molecular complexity index is 782. The molecule has 0 saturated carbocycles. The molecule has 4 rings (SSSR count). The number of hydrogen-bond donors (Lipinski definition) is 1. The minimum Gasteiger partial charge on any atom is -0.467 e. The summed E-state index contributed by atoms with van der Waals surface area (Å²) in [4.78, 5) is 26.4. The summed E-state index contributed by atoms with van der Waals surface area (Å²) in [6, 6.07) is 3.69. The van der Waals surface area contributed by atoms with Crippen LogP contribution in [0.4, 0.5) is 0 Å². The fraction of sp³-hybridized carbons (Fsp3) is 0.529. The first-order valence-corrected chi connectivity index (χ1v) is 8.59. The first kappa shape index (κ1) is 15.9. The number of carbonyl (C=O) groups excluding carboxylic acids is 2. The van der Waals surface area contributed by atoms with Crippen LogP contribution in [0.15, 0.2) is 22.8 Å². The van der Waals surface area contributed by atoms with Gasteiger partial charge in [-0.2, -0.15) is 0 Å². The fourth-order valence-electron chi connectivity index (χ4n) is 3.59. The summed E-state index contributed by atoms with van der Waals surface area (Å²) in [6.45, 7) is 3.47. The second kappa shape index (κ2) is 6.34. The number of furan rings is 1. The van der Waals surface area contributed by atoms with E-state index in [9.17, 15) is 9.59 Å². The van der Waals surface area contributed by atoms with E-state index in [4.69, 9.17) is 4.42 Å². The van der Waals surface area contributed by atoms with Gasteiger partial charge < -0.3 is 19.2 Å². The third kappa shape index (κ3) is 3.16. The van der Waals surface area contributed by atoms with Gasteiger partial charge in [-0.25, -0.2) is 0 Å². The van der Waals surface area contributed by atoms with Gasteiger partial charge in [0.1, 0.15) is 17.4 Å². The van der Waals surface area contributed by atoms with Crippen molar-refractivity contribution in [3.8, 4) is 0 Å². The van der Waals surface area contributed by atoms with Crippen LogP contribution < -0.4 is 5.32 Å². The molecular weight excluding hydrogens is 322 g/mol. The molecule has 1 N–H and O–H groups in total. The highest BCUT2D eigenvalue weighted by Gasteiger charge is 2.35. The van der Waals surface area contributed by atoms with Gasteiger partial charge in [0.15, 0.2) is 0 Å². The van der Waals surface area contributed by atoms with Crippen LogP contribution in [0.25, 0.3) is 0 Å². The Morgan fingerprint density at radius 2 is 2.28 bits per heavy atom. The molecule has 0 radical (unpaired) electrons. The van der Waals surface area contributed by atoms with E-state index in [1.54, 1.807) is 17.2 Å². The summed E-state index contributed by atoms with van der Waals surface area (Å²) in [6.07, 6.45) is 3.50. The van der Waals surface area contributed by atoms with Crippen LogP contribution in [0.1, 0.15) is 30.3 Å². The van der Waals surface area contributed by atoms with Gasteiger partial charge in [-0.1, -0.05) is 0 Å². The Labute approximate surface area is 145 Å². The number of aromatic nitrogens is 3. The van der Waals surface area contributed by atoms with Crippen molar-refractivity contribution in [2.24, 2.45) is 5.92 Å². The zero-order chi connectivity index (χ0) is 17.4. The highest BCUT2D eigenvalue weighted by molar-refractivity contribution is 5.89. The molecule has 2 aromatic rings. The molecule has 8 nitrogen and oxygen atoms in total. The van der Waals surface area contributed by atoms with E-state index in [1.807, 2.05) is 13.0 Å². The topological polar surface area (TPSA) is 93.3 Å². The molecule has 0 bridgehead atoms. The molecule has 2 aliphatic heterocycles. The van der Waals surface area contributed by atoms with Gasteiger partial charge in [-0.3, -0.25) is 9.59 Å². The Morgan fingerprint density at radius 3 is 3.08 bits per heavy atom. The summed E-state index contributed by atoms with van der Waals surface area (Å²) < 4.78 is 7.34. The van der Waals surface area contributed by atoms with Crippen LogP contribution in [0.5, 0.6) is 0 Å². The molecule has 2 aromatic heterocycles.